The first kappa shape index (κ1) is 17.9. The maximum Gasteiger partial charge on any atom is 0.282 e. The molecular weight excluding hydrogens is 388 g/mol. The van der Waals surface area contributed by atoms with Crippen molar-refractivity contribution in [3.8, 4) is 16.9 Å². The lowest BCUT2D eigenvalue weighted by molar-refractivity contribution is 0.659. The molecule has 0 aromatic carbocycles. The predicted octanol–water partition coefficient (Wildman–Crippen LogP) is 3.44. The molecule has 0 aliphatic carbocycles. The zero-order valence-electron chi connectivity index (χ0n) is 15.9. The van der Waals surface area contributed by atoms with E-state index < -0.39 is 0 Å². The molecule has 146 valence electrons. The Morgan fingerprint density at radius 1 is 1.14 bits per heavy atom. The summed E-state index contributed by atoms with van der Waals surface area (Å²) in [6.07, 6.45) is 7.79. The number of hydrogen-bond donors (Lipinski definition) is 0. The Kier molecular flexibility index (Phi) is 4.32. The van der Waals surface area contributed by atoms with Crippen LogP contribution in [0.3, 0.4) is 0 Å². The molecule has 4 aromatic rings. The zero-order valence-corrected chi connectivity index (χ0v) is 16.6. The van der Waals surface area contributed by atoms with Gasteiger partial charge in [0.1, 0.15) is 17.7 Å². The van der Waals surface area contributed by atoms with E-state index in [1.165, 1.54) is 17.3 Å². The van der Waals surface area contributed by atoms with Crippen molar-refractivity contribution in [1.82, 2.24) is 24.1 Å². The van der Waals surface area contributed by atoms with Gasteiger partial charge in [-0.1, -0.05) is 18.5 Å². The first-order valence-electron chi connectivity index (χ1n) is 9.52. The SMILES string of the molecule is C[C@@H]1CCN(c2ccc(-n3cnn4cc(-c5ccc(Cl)cn5)cc4c3=O)cn2)C1. The molecule has 5 rings (SSSR count). The van der Waals surface area contributed by atoms with Crippen molar-refractivity contribution in [2.75, 3.05) is 18.0 Å². The molecule has 5 heterocycles. The molecular formula is C21H19ClN6O. The van der Waals surface area contributed by atoms with E-state index in [4.69, 9.17) is 11.6 Å². The molecule has 0 amide bonds. The minimum Gasteiger partial charge on any atom is -0.356 e. The maximum absolute atomic E-state index is 13.0. The first-order valence-corrected chi connectivity index (χ1v) is 9.89. The second-order valence-corrected chi connectivity index (χ2v) is 7.88. The molecule has 0 spiro atoms. The molecule has 1 aliphatic heterocycles. The van der Waals surface area contributed by atoms with E-state index in [1.54, 1.807) is 35.2 Å². The highest BCUT2D eigenvalue weighted by Gasteiger charge is 2.19. The van der Waals surface area contributed by atoms with E-state index in [0.717, 1.165) is 30.2 Å². The quantitative estimate of drug-likeness (QED) is 0.521. The van der Waals surface area contributed by atoms with Gasteiger partial charge in [-0.2, -0.15) is 5.10 Å². The van der Waals surface area contributed by atoms with Gasteiger partial charge in [-0.05, 0) is 42.7 Å². The lowest BCUT2D eigenvalue weighted by Crippen LogP contribution is -2.22. The summed E-state index contributed by atoms with van der Waals surface area (Å²) in [6, 6.07) is 9.25. The van der Waals surface area contributed by atoms with E-state index in [9.17, 15) is 4.79 Å². The van der Waals surface area contributed by atoms with Crippen LogP contribution in [0.4, 0.5) is 5.82 Å². The second kappa shape index (κ2) is 7.00. The summed E-state index contributed by atoms with van der Waals surface area (Å²) in [7, 11) is 0. The normalized spacial score (nSPS) is 16.6. The highest BCUT2D eigenvalue weighted by atomic mass is 35.5. The lowest BCUT2D eigenvalue weighted by atomic mass is 10.2. The van der Waals surface area contributed by atoms with Gasteiger partial charge in [-0.3, -0.25) is 14.3 Å². The van der Waals surface area contributed by atoms with Crippen LogP contribution in [-0.2, 0) is 0 Å². The highest BCUT2D eigenvalue weighted by Crippen LogP contribution is 2.23. The monoisotopic (exact) mass is 406 g/mol. The van der Waals surface area contributed by atoms with Crippen LogP contribution in [0.1, 0.15) is 13.3 Å². The molecule has 0 N–H and O–H groups in total. The summed E-state index contributed by atoms with van der Waals surface area (Å²) in [6.45, 7) is 4.29. The van der Waals surface area contributed by atoms with Crippen molar-refractivity contribution in [2.24, 2.45) is 5.92 Å². The molecule has 4 aromatic heterocycles. The highest BCUT2D eigenvalue weighted by molar-refractivity contribution is 6.30. The summed E-state index contributed by atoms with van der Waals surface area (Å²) in [4.78, 5) is 24.2. The van der Waals surface area contributed by atoms with Crippen molar-refractivity contribution in [3.05, 3.63) is 70.6 Å². The van der Waals surface area contributed by atoms with E-state index >= 15 is 0 Å². The molecule has 0 radical (unpaired) electrons. The smallest absolute Gasteiger partial charge is 0.282 e. The Hall–Kier alpha value is -3.19. The van der Waals surface area contributed by atoms with E-state index in [2.05, 4.69) is 26.9 Å². The number of hydrogen-bond acceptors (Lipinski definition) is 5. The molecule has 0 bridgehead atoms. The van der Waals surface area contributed by atoms with Crippen molar-refractivity contribution in [1.29, 1.82) is 0 Å². The van der Waals surface area contributed by atoms with Crippen LogP contribution in [-0.4, -0.2) is 37.2 Å². The van der Waals surface area contributed by atoms with Gasteiger partial charge in [0.05, 0.1) is 22.6 Å². The second-order valence-electron chi connectivity index (χ2n) is 7.44. The fraction of sp³-hybridized carbons (Fsp3) is 0.238. The summed E-state index contributed by atoms with van der Waals surface area (Å²) in [5, 5.41) is 4.95. The van der Waals surface area contributed by atoms with Crippen LogP contribution < -0.4 is 10.5 Å². The predicted molar refractivity (Wildman–Crippen MR) is 113 cm³/mol. The van der Waals surface area contributed by atoms with E-state index in [0.29, 0.717) is 22.1 Å². The number of aromatic nitrogens is 5. The molecule has 1 aliphatic rings. The minimum atomic E-state index is -0.162. The Bertz CT molecular complexity index is 1230. The van der Waals surface area contributed by atoms with Crippen molar-refractivity contribution < 1.29 is 0 Å². The number of anilines is 1. The molecule has 1 fully saturated rings. The molecule has 0 unspecified atom stereocenters. The number of halogens is 1. The summed E-state index contributed by atoms with van der Waals surface area (Å²) < 4.78 is 3.08. The van der Waals surface area contributed by atoms with Crippen LogP contribution in [0.15, 0.2) is 60.0 Å². The fourth-order valence-electron chi connectivity index (χ4n) is 3.71. The topological polar surface area (TPSA) is 68.3 Å². The Labute approximate surface area is 172 Å². The van der Waals surface area contributed by atoms with Crippen LogP contribution >= 0.6 is 11.6 Å². The average molecular weight is 407 g/mol. The number of nitrogens with zero attached hydrogens (tertiary/aromatic N) is 6. The maximum atomic E-state index is 13.0. The van der Waals surface area contributed by atoms with Gasteiger partial charge >= 0.3 is 0 Å². The van der Waals surface area contributed by atoms with Gasteiger partial charge in [0, 0.05) is 31.0 Å². The van der Waals surface area contributed by atoms with Gasteiger partial charge in [-0.15, -0.1) is 0 Å². The van der Waals surface area contributed by atoms with Gasteiger partial charge in [0.15, 0.2) is 0 Å². The molecule has 8 heteroatoms. The average Bonchev–Trinajstić information content (AvgIpc) is 3.36. The Balaban J connectivity index is 1.50. The van der Waals surface area contributed by atoms with Crippen molar-refractivity contribution >= 4 is 22.9 Å². The van der Waals surface area contributed by atoms with E-state index in [1.807, 2.05) is 18.2 Å². The van der Waals surface area contributed by atoms with Gasteiger partial charge < -0.3 is 4.90 Å². The standard InChI is InChI=1S/C21H19ClN6O/c1-14-6-7-26(11-14)20-5-3-17(10-24-20)27-13-25-28-12-15(8-19(28)21(27)29)18-4-2-16(22)9-23-18/h2-5,8-10,12-14H,6-7,11H2,1H3/t14-/m1/s1. The Morgan fingerprint density at radius 3 is 2.72 bits per heavy atom. The van der Waals surface area contributed by atoms with Crippen LogP contribution in [0, 0.1) is 5.92 Å². The molecule has 29 heavy (non-hydrogen) atoms. The number of pyridine rings is 2. The molecule has 7 nitrogen and oxygen atoms in total. The minimum absolute atomic E-state index is 0.162. The van der Waals surface area contributed by atoms with Crippen LogP contribution in [0.5, 0.6) is 0 Å². The van der Waals surface area contributed by atoms with Gasteiger partial charge in [0.2, 0.25) is 0 Å². The van der Waals surface area contributed by atoms with Gasteiger partial charge in [0.25, 0.3) is 5.56 Å². The molecule has 1 atom stereocenters. The lowest BCUT2D eigenvalue weighted by Gasteiger charge is -2.17. The number of rotatable bonds is 3. The van der Waals surface area contributed by atoms with Crippen LogP contribution in [0.25, 0.3) is 22.5 Å². The zero-order chi connectivity index (χ0) is 20.0. The third kappa shape index (κ3) is 3.27. The third-order valence-corrected chi connectivity index (χ3v) is 5.53. The van der Waals surface area contributed by atoms with Crippen molar-refractivity contribution in [2.45, 2.75) is 13.3 Å². The molecule has 1 saturated heterocycles. The Morgan fingerprint density at radius 2 is 2.03 bits per heavy atom. The molecule has 0 saturated carbocycles. The largest absolute Gasteiger partial charge is 0.356 e. The fourth-order valence-corrected chi connectivity index (χ4v) is 3.82. The van der Waals surface area contributed by atoms with Crippen LogP contribution in [0.2, 0.25) is 5.02 Å². The summed E-state index contributed by atoms with van der Waals surface area (Å²) in [5.41, 5.74) is 2.53. The van der Waals surface area contributed by atoms with Crippen molar-refractivity contribution in [3.63, 3.8) is 0 Å². The van der Waals surface area contributed by atoms with E-state index in [-0.39, 0.29) is 5.56 Å². The third-order valence-electron chi connectivity index (χ3n) is 5.31. The van der Waals surface area contributed by atoms with Gasteiger partial charge in [-0.25, -0.2) is 9.50 Å². The number of fused-ring (bicyclic) bond motifs is 1. The summed E-state index contributed by atoms with van der Waals surface area (Å²) in [5.74, 6) is 1.63. The summed E-state index contributed by atoms with van der Waals surface area (Å²) >= 11 is 5.91. The first-order chi connectivity index (χ1) is 14.1.